The maximum atomic E-state index is 12.5. The Bertz CT molecular complexity index is 703. The van der Waals surface area contributed by atoms with Crippen LogP contribution in [0.1, 0.15) is 54.1 Å². The third-order valence-corrected chi connectivity index (χ3v) is 4.16. The molecule has 0 aliphatic carbocycles. The Morgan fingerprint density at radius 3 is 2.92 bits per heavy atom. The van der Waals surface area contributed by atoms with Crippen molar-refractivity contribution in [3.05, 3.63) is 29.1 Å². The first-order valence-electron chi connectivity index (χ1n) is 8.50. The summed E-state index contributed by atoms with van der Waals surface area (Å²) in [5, 5.41) is 22.0. The molecule has 0 fully saturated rings. The fourth-order valence-electron chi connectivity index (χ4n) is 3.02. The average molecular weight is 331 g/mol. The van der Waals surface area contributed by atoms with Crippen molar-refractivity contribution >= 4 is 5.91 Å². The lowest BCUT2D eigenvalue weighted by Crippen LogP contribution is -2.32. The van der Waals surface area contributed by atoms with Crippen LogP contribution >= 0.6 is 0 Å². The summed E-state index contributed by atoms with van der Waals surface area (Å²) in [6.45, 7) is 8.77. The lowest BCUT2D eigenvalue weighted by Gasteiger charge is -2.20. The van der Waals surface area contributed by atoms with Crippen molar-refractivity contribution in [1.82, 2.24) is 35.6 Å². The highest BCUT2D eigenvalue weighted by Crippen LogP contribution is 2.22. The zero-order valence-electron chi connectivity index (χ0n) is 14.5. The highest BCUT2D eigenvalue weighted by Gasteiger charge is 2.25. The smallest absolute Gasteiger partial charge is 0.272 e. The predicted octanol–water partition coefficient (Wildman–Crippen LogP) is 0.973. The van der Waals surface area contributed by atoms with E-state index in [-0.39, 0.29) is 11.9 Å². The molecule has 1 aliphatic rings. The summed E-state index contributed by atoms with van der Waals surface area (Å²) < 4.78 is 2.14. The standard InChI is InChI=1S/C16H25N7O/c1-10(2)8-12(18-16(24)13-9-11(3)19-20-13)15-22-21-14-4-5-17-6-7-23(14)15/h9-10,12,17H,4-8H2,1-3H3,(H,18,24)(H,19,20). The molecule has 2 aromatic heterocycles. The molecule has 3 rings (SSSR count). The Hall–Kier alpha value is -2.22. The van der Waals surface area contributed by atoms with Crippen LogP contribution in [0.2, 0.25) is 0 Å². The van der Waals surface area contributed by atoms with Crippen LogP contribution in [0, 0.1) is 12.8 Å². The van der Waals surface area contributed by atoms with Gasteiger partial charge in [0.2, 0.25) is 0 Å². The van der Waals surface area contributed by atoms with Gasteiger partial charge < -0.3 is 15.2 Å². The lowest BCUT2D eigenvalue weighted by atomic mass is 10.0. The van der Waals surface area contributed by atoms with E-state index in [1.165, 1.54) is 0 Å². The van der Waals surface area contributed by atoms with Gasteiger partial charge in [0, 0.05) is 31.7 Å². The minimum Gasteiger partial charge on any atom is -0.341 e. The molecule has 0 spiro atoms. The zero-order chi connectivity index (χ0) is 17.1. The van der Waals surface area contributed by atoms with Crippen molar-refractivity contribution in [2.75, 3.05) is 13.1 Å². The summed E-state index contributed by atoms with van der Waals surface area (Å²) >= 11 is 0. The van der Waals surface area contributed by atoms with E-state index in [9.17, 15) is 4.79 Å². The van der Waals surface area contributed by atoms with E-state index in [0.717, 1.165) is 49.8 Å². The summed E-state index contributed by atoms with van der Waals surface area (Å²) in [4.78, 5) is 12.5. The fraction of sp³-hybridized carbons (Fsp3) is 0.625. The number of fused-ring (bicyclic) bond motifs is 1. The molecule has 1 unspecified atom stereocenters. The van der Waals surface area contributed by atoms with E-state index in [2.05, 4.69) is 49.4 Å². The van der Waals surface area contributed by atoms with Crippen LogP contribution in [0.5, 0.6) is 0 Å². The average Bonchev–Trinajstić information content (AvgIpc) is 3.06. The molecule has 0 radical (unpaired) electrons. The Labute approximate surface area is 141 Å². The van der Waals surface area contributed by atoms with Gasteiger partial charge >= 0.3 is 0 Å². The number of rotatable bonds is 5. The molecule has 24 heavy (non-hydrogen) atoms. The third-order valence-electron chi connectivity index (χ3n) is 4.16. The Kier molecular flexibility index (Phi) is 4.94. The molecule has 0 bridgehead atoms. The number of aryl methyl sites for hydroxylation is 1. The van der Waals surface area contributed by atoms with Crippen LogP contribution in [0.3, 0.4) is 0 Å². The number of H-pyrrole nitrogens is 1. The normalized spacial score (nSPS) is 15.8. The number of amides is 1. The van der Waals surface area contributed by atoms with E-state index in [1.807, 2.05) is 6.92 Å². The van der Waals surface area contributed by atoms with Crippen molar-refractivity contribution in [1.29, 1.82) is 0 Å². The topological polar surface area (TPSA) is 101 Å². The van der Waals surface area contributed by atoms with Crippen LogP contribution in [-0.4, -0.2) is 44.0 Å². The molecule has 1 atom stereocenters. The monoisotopic (exact) mass is 331 g/mol. The van der Waals surface area contributed by atoms with Crippen LogP contribution in [-0.2, 0) is 13.0 Å². The predicted molar refractivity (Wildman–Crippen MR) is 89.6 cm³/mol. The number of hydrogen-bond acceptors (Lipinski definition) is 5. The molecule has 3 N–H and O–H groups in total. The van der Waals surface area contributed by atoms with Gasteiger partial charge in [-0.05, 0) is 25.3 Å². The van der Waals surface area contributed by atoms with Crippen LogP contribution in [0.25, 0.3) is 0 Å². The largest absolute Gasteiger partial charge is 0.341 e. The zero-order valence-corrected chi connectivity index (χ0v) is 14.5. The van der Waals surface area contributed by atoms with Gasteiger partial charge in [0.1, 0.15) is 11.5 Å². The first-order chi connectivity index (χ1) is 11.5. The Morgan fingerprint density at radius 1 is 1.38 bits per heavy atom. The number of carbonyl (C=O) groups is 1. The summed E-state index contributed by atoms with van der Waals surface area (Å²) in [6, 6.07) is 1.57. The summed E-state index contributed by atoms with van der Waals surface area (Å²) in [7, 11) is 0. The molecule has 3 heterocycles. The van der Waals surface area contributed by atoms with Gasteiger partial charge in [-0.2, -0.15) is 5.10 Å². The number of carbonyl (C=O) groups excluding carboxylic acids is 1. The maximum Gasteiger partial charge on any atom is 0.272 e. The van der Waals surface area contributed by atoms with Gasteiger partial charge in [-0.15, -0.1) is 10.2 Å². The molecular formula is C16H25N7O. The quantitative estimate of drug-likeness (QED) is 0.758. The molecule has 0 saturated heterocycles. The minimum atomic E-state index is -0.186. The fourth-order valence-corrected chi connectivity index (χ4v) is 3.02. The highest BCUT2D eigenvalue weighted by molar-refractivity contribution is 5.92. The molecular weight excluding hydrogens is 306 g/mol. The first kappa shape index (κ1) is 16.6. The SMILES string of the molecule is Cc1cc(C(=O)NC(CC(C)C)c2nnc3n2CCNCC3)n[nH]1. The summed E-state index contributed by atoms with van der Waals surface area (Å²) in [6.07, 6.45) is 1.66. The molecule has 0 aromatic carbocycles. The van der Waals surface area contributed by atoms with Gasteiger partial charge in [0.25, 0.3) is 5.91 Å². The second-order valence-electron chi connectivity index (χ2n) is 6.72. The number of aromatic nitrogens is 5. The van der Waals surface area contributed by atoms with E-state index in [4.69, 9.17) is 0 Å². The first-order valence-corrected chi connectivity index (χ1v) is 8.50. The van der Waals surface area contributed by atoms with Gasteiger partial charge in [0.15, 0.2) is 5.82 Å². The Balaban J connectivity index is 1.84. The van der Waals surface area contributed by atoms with E-state index in [0.29, 0.717) is 11.6 Å². The molecule has 8 heteroatoms. The van der Waals surface area contributed by atoms with Gasteiger partial charge in [-0.1, -0.05) is 13.8 Å². The van der Waals surface area contributed by atoms with E-state index >= 15 is 0 Å². The summed E-state index contributed by atoms with van der Waals surface area (Å²) in [5.41, 5.74) is 1.27. The summed E-state index contributed by atoms with van der Waals surface area (Å²) in [5.74, 6) is 2.05. The van der Waals surface area contributed by atoms with Crippen molar-refractivity contribution in [2.24, 2.45) is 5.92 Å². The number of hydrogen-bond donors (Lipinski definition) is 3. The maximum absolute atomic E-state index is 12.5. The molecule has 130 valence electrons. The van der Waals surface area contributed by atoms with Crippen molar-refractivity contribution in [3.63, 3.8) is 0 Å². The van der Waals surface area contributed by atoms with Crippen molar-refractivity contribution in [3.8, 4) is 0 Å². The van der Waals surface area contributed by atoms with E-state index < -0.39 is 0 Å². The Morgan fingerprint density at radius 2 is 2.21 bits per heavy atom. The molecule has 2 aromatic rings. The molecule has 1 aliphatic heterocycles. The van der Waals surface area contributed by atoms with Crippen LogP contribution < -0.4 is 10.6 Å². The van der Waals surface area contributed by atoms with Crippen molar-refractivity contribution < 1.29 is 4.79 Å². The lowest BCUT2D eigenvalue weighted by molar-refractivity contribution is 0.0923. The second kappa shape index (κ2) is 7.12. The number of nitrogens with zero attached hydrogens (tertiary/aromatic N) is 4. The molecule has 1 amide bonds. The van der Waals surface area contributed by atoms with Gasteiger partial charge in [0.05, 0.1) is 6.04 Å². The van der Waals surface area contributed by atoms with Crippen molar-refractivity contribution in [2.45, 2.75) is 46.2 Å². The van der Waals surface area contributed by atoms with E-state index in [1.54, 1.807) is 6.07 Å². The second-order valence-corrected chi connectivity index (χ2v) is 6.72. The molecule has 8 nitrogen and oxygen atoms in total. The molecule has 0 saturated carbocycles. The van der Waals surface area contributed by atoms with Crippen LogP contribution in [0.15, 0.2) is 6.07 Å². The third kappa shape index (κ3) is 3.64. The number of aromatic amines is 1. The number of nitrogens with one attached hydrogen (secondary N) is 3. The van der Waals surface area contributed by atoms with Gasteiger partial charge in [-0.3, -0.25) is 9.89 Å². The van der Waals surface area contributed by atoms with Crippen LogP contribution in [0.4, 0.5) is 0 Å². The highest BCUT2D eigenvalue weighted by atomic mass is 16.2. The van der Waals surface area contributed by atoms with Gasteiger partial charge in [-0.25, -0.2) is 0 Å². The minimum absolute atomic E-state index is 0.172.